The van der Waals surface area contributed by atoms with Crippen LogP contribution in [0, 0.1) is 6.92 Å². The monoisotopic (exact) mass is 257 g/mol. The minimum atomic E-state index is 0.892. The maximum absolute atomic E-state index is 5.38. The van der Waals surface area contributed by atoms with Crippen molar-refractivity contribution < 1.29 is 4.74 Å². The van der Waals surface area contributed by atoms with Crippen LogP contribution in [0.2, 0.25) is 0 Å². The Morgan fingerprint density at radius 3 is 2.50 bits per heavy atom. The fourth-order valence-corrected chi connectivity index (χ4v) is 2.17. The molecule has 14 heavy (non-hydrogen) atoms. The summed E-state index contributed by atoms with van der Waals surface area (Å²) in [7, 11) is 5.82. The van der Waals surface area contributed by atoms with Crippen molar-refractivity contribution in [2.45, 2.75) is 13.5 Å². The van der Waals surface area contributed by atoms with Crippen molar-refractivity contribution in [1.82, 2.24) is 4.90 Å². The van der Waals surface area contributed by atoms with E-state index in [2.05, 4.69) is 54.0 Å². The molecule has 0 radical (unpaired) electrons. The highest BCUT2D eigenvalue weighted by atomic mass is 79.9. The quantitative estimate of drug-likeness (QED) is 0.826. The van der Waals surface area contributed by atoms with Crippen LogP contribution in [-0.2, 0) is 6.54 Å². The van der Waals surface area contributed by atoms with Crippen LogP contribution in [0.1, 0.15) is 11.1 Å². The summed E-state index contributed by atoms with van der Waals surface area (Å²) in [6.07, 6.45) is 0. The van der Waals surface area contributed by atoms with Gasteiger partial charge in [0, 0.05) is 16.6 Å². The molecule has 0 unspecified atom stereocenters. The van der Waals surface area contributed by atoms with Gasteiger partial charge in [-0.15, -0.1) is 0 Å². The molecule has 0 fully saturated rings. The van der Waals surface area contributed by atoms with Crippen LogP contribution in [0.15, 0.2) is 16.6 Å². The lowest BCUT2D eigenvalue weighted by molar-refractivity contribution is 0.370. The molecule has 0 aromatic heterocycles. The Morgan fingerprint density at radius 2 is 2.00 bits per heavy atom. The second kappa shape index (κ2) is 4.80. The standard InChI is InChI=1S/C11H16BrNO/c1-8-5-10(12)6-9(7-13(2)3)11(8)14-4/h5-6H,7H2,1-4H3. The molecule has 0 saturated heterocycles. The van der Waals surface area contributed by atoms with Gasteiger partial charge in [0.05, 0.1) is 7.11 Å². The first kappa shape index (κ1) is 11.5. The predicted octanol–water partition coefficient (Wildman–Crippen LogP) is 2.83. The fourth-order valence-electron chi connectivity index (χ4n) is 1.55. The highest BCUT2D eigenvalue weighted by molar-refractivity contribution is 9.10. The van der Waals surface area contributed by atoms with Gasteiger partial charge in [0.2, 0.25) is 0 Å². The number of benzene rings is 1. The lowest BCUT2D eigenvalue weighted by atomic mass is 10.1. The van der Waals surface area contributed by atoms with Crippen molar-refractivity contribution in [2.75, 3.05) is 21.2 Å². The summed E-state index contributed by atoms with van der Waals surface area (Å²) in [6, 6.07) is 4.17. The molecule has 0 aliphatic heterocycles. The van der Waals surface area contributed by atoms with Gasteiger partial charge in [-0.25, -0.2) is 0 Å². The minimum absolute atomic E-state index is 0.892. The van der Waals surface area contributed by atoms with Gasteiger partial charge in [0.25, 0.3) is 0 Å². The van der Waals surface area contributed by atoms with Crippen molar-refractivity contribution in [2.24, 2.45) is 0 Å². The summed E-state index contributed by atoms with van der Waals surface area (Å²) in [4.78, 5) is 2.13. The first-order chi connectivity index (χ1) is 6.54. The summed E-state index contributed by atoms with van der Waals surface area (Å²) in [5.74, 6) is 0.988. The number of hydrogen-bond donors (Lipinski definition) is 0. The second-order valence-electron chi connectivity index (χ2n) is 3.65. The topological polar surface area (TPSA) is 12.5 Å². The molecule has 0 saturated carbocycles. The van der Waals surface area contributed by atoms with Gasteiger partial charge in [-0.1, -0.05) is 15.9 Å². The van der Waals surface area contributed by atoms with Gasteiger partial charge < -0.3 is 9.64 Å². The molecule has 0 spiro atoms. The van der Waals surface area contributed by atoms with E-state index in [1.54, 1.807) is 7.11 Å². The van der Waals surface area contributed by atoms with Crippen molar-refractivity contribution in [3.8, 4) is 5.75 Å². The van der Waals surface area contributed by atoms with Gasteiger partial charge in [-0.3, -0.25) is 0 Å². The van der Waals surface area contributed by atoms with Crippen molar-refractivity contribution in [3.05, 3.63) is 27.7 Å². The zero-order valence-electron chi connectivity index (χ0n) is 9.10. The van der Waals surface area contributed by atoms with E-state index in [4.69, 9.17) is 4.74 Å². The van der Waals surface area contributed by atoms with E-state index in [-0.39, 0.29) is 0 Å². The highest BCUT2D eigenvalue weighted by Crippen LogP contribution is 2.28. The van der Waals surface area contributed by atoms with Crippen LogP contribution in [0.4, 0.5) is 0 Å². The van der Waals surface area contributed by atoms with E-state index in [9.17, 15) is 0 Å². The van der Waals surface area contributed by atoms with Crippen LogP contribution >= 0.6 is 15.9 Å². The molecule has 0 heterocycles. The largest absolute Gasteiger partial charge is 0.496 e. The van der Waals surface area contributed by atoms with Gasteiger partial charge in [0.1, 0.15) is 5.75 Å². The van der Waals surface area contributed by atoms with E-state index < -0.39 is 0 Å². The number of methoxy groups -OCH3 is 1. The van der Waals surface area contributed by atoms with E-state index in [0.29, 0.717) is 0 Å². The number of aryl methyl sites for hydroxylation is 1. The molecule has 0 aliphatic rings. The van der Waals surface area contributed by atoms with Crippen molar-refractivity contribution >= 4 is 15.9 Å². The lowest BCUT2D eigenvalue weighted by Gasteiger charge is -2.15. The maximum atomic E-state index is 5.38. The number of halogens is 1. The highest BCUT2D eigenvalue weighted by Gasteiger charge is 2.08. The van der Waals surface area contributed by atoms with Crippen LogP contribution in [0.5, 0.6) is 5.75 Å². The van der Waals surface area contributed by atoms with E-state index >= 15 is 0 Å². The SMILES string of the molecule is COc1c(C)cc(Br)cc1CN(C)C. The molecule has 0 atom stereocenters. The summed E-state index contributed by atoms with van der Waals surface area (Å²) >= 11 is 3.49. The maximum Gasteiger partial charge on any atom is 0.126 e. The molecule has 1 aromatic carbocycles. The number of ether oxygens (including phenoxy) is 1. The molecule has 2 nitrogen and oxygen atoms in total. The number of hydrogen-bond acceptors (Lipinski definition) is 2. The smallest absolute Gasteiger partial charge is 0.126 e. The molecule has 1 aromatic rings. The average molecular weight is 258 g/mol. The summed E-state index contributed by atoms with van der Waals surface area (Å²) in [5.41, 5.74) is 2.38. The Kier molecular flexibility index (Phi) is 3.96. The van der Waals surface area contributed by atoms with E-state index in [1.807, 2.05) is 0 Å². The van der Waals surface area contributed by atoms with Crippen LogP contribution in [0.25, 0.3) is 0 Å². The average Bonchev–Trinajstić information content (AvgIpc) is 2.01. The van der Waals surface area contributed by atoms with Crippen LogP contribution in [-0.4, -0.2) is 26.1 Å². The molecule has 1 rings (SSSR count). The number of nitrogens with zero attached hydrogens (tertiary/aromatic N) is 1. The minimum Gasteiger partial charge on any atom is -0.496 e. The zero-order chi connectivity index (χ0) is 10.7. The Morgan fingerprint density at radius 1 is 1.36 bits per heavy atom. The van der Waals surface area contributed by atoms with Gasteiger partial charge >= 0.3 is 0 Å². The fraction of sp³-hybridized carbons (Fsp3) is 0.455. The van der Waals surface area contributed by atoms with E-state index in [1.165, 1.54) is 11.1 Å². The Bertz CT molecular complexity index is 323. The van der Waals surface area contributed by atoms with Gasteiger partial charge in [-0.2, -0.15) is 0 Å². The first-order valence-corrected chi connectivity index (χ1v) is 5.31. The molecular weight excluding hydrogens is 242 g/mol. The normalized spacial score (nSPS) is 10.7. The zero-order valence-corrected chi connectivity index (χ0v) is 10.7. The third kappa shape index (κ3) is 2.72. The molecule has 0 aliphatic carbocycles. The summed E-state index contributed by atoms with van der Waals surface area (Å²) < 4.78 is 6.49. The third-order valence-corrected chi connectivity index (χ3v) is 2.46. The Hall–Kier alpha value is -0.540. The van der Waals surface area contributed by atoms with Crippen molar-refractivity contribution in [3.63, 3.8) is 0 Å². The van der Waals surface area contributed by atoms with E-state index in [0.717, 1.165) is 16.8 Å². The second-order valence-corrected chi connectivity index (χ2v) is 4.57. The number of rotatable bonds is 3. The van der Waals surface area contributed by atoms with Gasteiger partial charge in [0.15, 0.2) is 0 Å². The van der Waals surface area contributed by atoms with Crippen LogP contribution < -0.4 is 4.74 Å². The molecule has 0 bridgehead atoms. The molecule has 78 valence electrons. The van der Waals surface area contributed by atoms with Gasteiger partial charge in [-0.05, 0) is 38.7 Å². The Labute approximate surface area is 94.0 Å². The lowest BCUT2D eigenvalue weighted by Crippen LogP contribution is -2.12. The van der Waals surface area contributed by atoms with Crippen LogP contribution in [0.3, 0.4) is 0 Å². The van der Waals surface area contributed by atoms with Crippen molar-refractivity contribution in [1.29, 1.82) is 0 Å². The molecular formula is C11H16BrNO. The molecule has 0 N–H and O–H groups in total. The molecule has 3 heteroatoms. The predicted molar refractivity (Wildman–Crippen MR) is 62.8 cm³/mol. The third-order valence-electron chi connectivity index (χ3n) is 2.01. The molecule has 0 amide bonds. The summed E-state index contributed by atoms with van der Waals surface area (Å²) in [6.45, 7) is 2.95. The first-order valence-electron chi connectivity index (χ1n) is 4.52. The summed E-state index contributed by atoms with van der Waals surface area (Å²) in [5, 5.41) is 0. The Balaban J connectivity index is 3.11.